The Bertz CT molecular complexity index is 1540. The number of halogens is 1. The number of nitrogens with one attached hydrogen (secondary N) is 2. The SMILES string of the molecule is CC.Cc1cc(C(C)C)c(F)cc1C(=O)N(C=O)C1CCC(=O)NC1=O.Cc1ccc2c(c1)C(=O)N(C1CCC(=O)NC1=O)C2. The average molecular weight is 623 g/mol. The summed E-state index contributed by atoms with van der Waals surface area (Å²) in [7, 11) is 0. The van der Waals surface area contributed by atoms with E-state index in [1.807, 2.05) is 52.8 Å². The second-order valence-corrected chi connectivity index (χ2v) is 11.2. The molecule has 2 aromatic rings. The second kappa shape index (κ2) is 14.8. The molecule has 240 valence electrons. The number of piperidine rings is 2. The zero-order valence-corrected chi connectivity index (χ0v) is 26.4. The molecule has 3 aliphatic heterocycles. The lowest BCUT2D eigenvalue weighted by atomic mass is 9.96. The van der Waals surface area contributed by atoms with Gasteiger partial charge in [0, 0.05) is 30.5 Å². The van der Waals surface area contributed by atoms with Crippen LogP contribution in [0.3, 0.4) is 0 Å². The molecule has 2 atom stereocenters. The van der Waals surface area contributed by atoms with Gasteiger partial charge in [0.15, 0.2) is 0 Å². The van der Waals surface area contributed by atoms with Crippen LogP contribution in [-0.2, 0) is 30.5 Å². The zero-order valence-electron chi connectivity index (χ0n) is 26.4. The van der Waals surface area contributed by atoms with E-state index in [4.69, 9.17) is 0 Å². The Labute approximate surface area is 261 Å². The summed E-state index contributed by atoms with van der Waals surface area (Å²) in [6, 6.07) is 6.80. The van der Waals surface area contributed by atoms with Crippen LogP contribution in [0.2, 0.25) is 0 Å². The van der Waals surface area contributed by atoms with Crippen LogP contribution < -0.4 is 10.6 Å². The molecular weight excluding hydrogens is 583 g/mol. The lowest BCUT2D eigenvalue weighted by molar-refractivity contribution is -0.140. The summed E-state index contributed by atoms with van der Waals surface area (Å²) in [6.45, 7) is 11.7. The molecule has 2 saturated heterocycles. The number of imide groups is 3. The van der Waals surface area contributed by atoms with Gasteiger partial charge in [-0.3, -0.25) is 49.1 Å². The Hall–Kier alpha value is -4.74. The molecule has 2 aromatic carbocycles. The number of amides is 7. The average Bonchev–Trinajstić information content (AvgIpc) is 3.31. The first-order valence-corrected chi connectivity index (χ1v) is 15.0. The summed E-state index contributed by atoms with van der Waals surface area (Å²) >= 11 is 0. The number of benzene rings is 2. The number of carbonyl (C=O) groups excluding carboxylic acids is 7. The van der Waals surface area contributed by atoms with Crippen LogP contribution in [0, 0.1) is 19.7 Å². The highest BCUT2D eigenvalue weighted by Gasteiger charge is 2.39. The van der Waals surface area contributed by atoms with Gasteiger partial charge in [-0.25, -0.2) is 4.39 Å². The third kappa shape index (κ3) is 7.68. The third-order valence-electron chi connectivity index (χ3n) is 7.77. The van der Waals surface area contributed by atoms with Crippen LogP contribution in [0.1, 0.15) is 102 Å². The minimum absolute atomic E-state index is 0.0219. The Balaban J connectivity index is 0.000000238. The first-order valence-electron chi connectivity index (χ1n) is 15.0. The minimum atomic E-state index is -1.07. The predicted molar refractivity (Wildman–Crippen MR) is 162 cm³/mol. The second-order valence-electron chi connectivity index (χ2n) is 11.2. The van der Waals surface area contributed by atoms with E-state index in [1.54, 1.807) is 17.9 Å². The number of fused-ring (bicyclic) bond motifs is 1. The highest BCUT2D eigenvalue weighted by atomic mass is 19.1. The molecule has 0 aromatic heterocycles. The first kappa shape index (κ1) is 34.7. The molecule has 2 N–H and O–H groups in total. The van der Waals surface area contributed by atoms with E-state index in [-0.39, 0.29) is 54.9 Å². The standard InChI is InChI=1S/C17H19FN2O4.C14H14N2O3.C2H6/c1-9(2)11-6-10(3)12(7-13(11)18)17(24)20(8-21)14-4-5-15(22)19-16(14)23;1-8-2-3-9-7-16(14(19)10(9)6-8)11-4-5-12(17)15-13(11)18;1-2/h6-9,14H,4-5H2,1-3H3,(H,19,22,23);2-3,6,11H,4-5,7H2,1H3,(H,15,17,18);1-2H3. The van der Waals surface area contributed by atoms with Crippen molar-refractivity contribution in [2.45, 2.75) is 91.8 Å². The van der Waals surface area contributed by atoms with Crippen LogP contribution in [0.5, 0.6) is 0 Å². The molecule has 0 bridgehead atoms. The molecule has 11 nitrogen and oxygen atoms in total. The first-order chi connectivity index (χ1) is 21.3. The van der Waals surface area contributed by atoms with Crippen molar-refractivity contribution in [2.24, 2.45) is 0 Å². The van der Waals surface area contributed by atoms with Gasteiger partial charge in [-0.2, -0.15) is 0 Å². The van der Waals surface area contributed by atoms with Crippen LogP contribution in [0.15, 0.2) is 30.3 Å². The van der Waals surface area contributed by atoms with Crippen molar-refractivity contribution < 1.29 is 38.0 Å². The summed E-state index contributed by atoms with van der Waals surface area (Å²) in [5, 5.41) is 4.39. The van der Waals surface area contributed by atoms with Gasteiger partial charge in [-0.15, -0.1) is 0 Å². The van der Waals surface area contributed by atoms with Gasteiger partial charge in [-0.1, -0.05) is 51.5 Å². The molecule has 7 amide bonds. The van der Waals surface area contributed by atoms with Crippen LogP contribution in [-0.4, -0.2) is 63.7 Å². The topological polar surface area (TPSA) is 150 Å². The van der Waals surface area contributed by atoms with Gasteiger partial charge < -0.3 is 4.90 Å². The quantitative estimate of drug-likeness (QED) is 0.383. The van der Waals surface area contributed by atoms with Crippen molar-refractivity contribution in [2.75, 3.05) is 0 Å². The van der Waals surface area contributed by atoms with Gasteiger partial charge >= 0.3 is 0 Å². The molecule has 5 rings (SSSR count). The van der Waals surface area contributed by atoms with Crippen molar-refractivity contribution in [3.63, 3.8) is 0 Å². The summed E-state index contributed by atoms with van der Waals surface area (Å²) in [5.74, 6) is -3.24. The van der Waals surface area contributed by atoms with Crippen molar-refractivity contribution in [3.05, 3.63) is 69.5 Å². The number of carbonyl (C=O) groups is 7. The molecule has 3 aliphatic rings. The number of aryl methyl sites for hydroxylation is 2. The molecule has 45 heavy (non-hydrogen) atoms. The smallest absolute Gasteiger partial charge is 0.261 e. The lowest BCUT2D eigenvalue weighted by Crippen LogP contribution is -2.53. The molecule has 0 aliphatic carbocycles. The van der Waals surface area contributed by atoms with E-state index < -0.39 is 35.6 Å². The predicted octanol–water partition coefficient (Wildman–Crippen LogP) is 3.44. The highest BCUT2D eigenvalue weighted by molar-refractivity contribution is 6.08. The van der Waals surface area contributed by atoms with Crippen molar-refractivity contribution in [1.82, 2.24) is 20.4 Å². The van der Waals surface area contributed by atoms with E-state index >= 15 is 0 Å². The molecule has 2 unspecified atom stereocenters. The molecule has 2 fully saturated rings. The van der Waals surface area contributed by atoms with Crippen LogP contribution in [0.4, 0.5) is 4.39 Å². The monoisotopic (exact) mass is 622 g/mol. The van der Waals surface area contributed by atoms with Gasteiger partial charge in [0.25, 0.3) is 11.8 Å². The van der Waals surface area contributed by atoms with E-state index in [0.717, 1.165) is 22.1 Å². The van der Waals surface area contributed by atoms with Gasteiger partial charge in [-0.05, 0) is 61.4 Å². The Morgan fingerprint density at radius 3 is 2.16 bits per heavy atom. The van der Waals surface area contributed by atoms with E-state index in [0.29, 0.717) is 29.7 Å². The fraction of sp³-hybridized carbons (Fsp3) is 0.424. The highest BCUT2D eigenvalue weighted by Crippen LogP contribution is 2.28. The fourth-order valence-corrected chi connectivity index (χ4v) is 5.39. The molecular formula is C33H39FN4O7. The maximum absolute atomic E-state index is 14.2. The normalized spacial score (nSPS) is 19.0. The fourth-order valence-electron chi connectivity index (χ4n) is 5.39. The summed E-state index contributed by atoms with van der Waals surface area (Å²) < 4.78 is 14.2. The third-order valence-corrected chi connectivity index (χ3v) is 7.77. The number of hydrogen-bond acceptors (Lipinski definition) is 7. The number of hydrogen-bond donors (Lipinski definition) is 2. The van der Waals surface area contributed by atoms with Crippen LogP contribution in [0.25, 0.3) is 0 Å². The van der Waals surface area contributed by atoms with E-state index in [9.17, 15) is 38.0 Å². The Morgan fingerprint density at radius 1 is 0.956 bits per heavy atom. The maximum Gasteiger partial charge on any atom is 0.261 e. The summed E-state index contributed by atoms with van der Waals surface area (Å²) in [4.78, 5) is 84.6. The largest absolute Gasteiger partial charge is 0.322 e. The lowest BCUT2D eigenvalue weighted by Gasteiger charge is -2.29. The van der Waals surface area contributed by atoms with Gasteiger partial charge in [0.05, 0.1) is 0 Å². The Kier molecular flexibility index (Phi) is 11.4. The zero-order chi connectivity index (χ0) is 33.6. The van der Waals surface area contributed by atoms with Gasteiger partial charge in [0.1, 0.15) is 17.9 Å². The molecule has 0 radical (unpaired) electrons. The molecule has 0 saturated carbocycles. The van der Waals surface area contributed by atoms with Crippen molar-refractivity contribution in [1.29, 1.82) is 0 Å². The van der Waals surface area contributed by atoms with E-state index in [1.165, 1.54) is 0 Å². The Morgan fingerprint density at radius 2 is 1.58 bits per heavy atom. The molecule has 3 heterocycles. The van der Waals surface area contributed by atoms with Crippen molar-refractivity contribution >= 4 is 41.9 Å². The van der Waals surface area contributed by atoms with E-state index in [2.05, 4.69) is 10.6 Å². The number of nitrogens with zero attached hydrogens (tertiary/aromatic N) is 2. The maximum atomic E-state index is 14.2. The van der Waals surface area contributed by atoms with Crippen molar-refractivity contribution in [3.8, 4) is 0 Å². The van der Waals surface area contributed by atoms with Gasteiger partial charge in [0.2, 0.25) is 30.0 Å². The van der Waals surface area contributed by atoms with Crippen LogP contribution >= 0.6 is 0 Å². The minimum Gasteiger partial charge on any atom is -0.322 e. The molecule has 12 heteroatoms. The number of rotatable bonds is 5. The molecule has 0 spiro atoms. The summed E-state index contributed by atoms with van der Waals surface area (Å²) in [6.07, 6.45) is 1.03. The summed E-state index contributed by atoms with van der Waals surface area (Å²) in [5.41, 5.74) is 3.66.